The molecule has 2 N–H and O–H groups in total. The fourth-order valence-corrected chi connectivity index (χ4v) is 5.41. The number of fused-ring (bicyclic) bond motifs is 3. The van der Waals surface area contributed by atoms with Gasteiger partial charge in [-0.15, -0.1) is 0 Å². The molecule has 2 atom stereocenters. The zero-order valence-electron chi connectivity index (χ0n) is 18.2. The van der Waals surface area contributed by atoms with Crippen LogP contribution in [0.3, 0.4) is 0 Å². The standard InChI is InChI=1S/C25H25Cl2FN2O3/c1-2-21(25(32)33)30-22-9-6-14(28)12-17(22)18-13-15(7-10-23(18)30)29-24(31)11-8-16-19(26)4-3-5-20(16)27/h3-6,9,12,15,21H,2,7-8,10-11,13H2,1H3,(H,29,31)(H,32,33)/t15-,21?/m0/s1. The van der Waals surface area contributed by atoms with Crippen molar-refractivity contribution >= 4 is 46.0 Å². The van der Waals surface area contributed by atoms with E-state index in [2.05, 4.69) is 5.32 Å². The van der Waals surface area contributed by atoms with Crippen LogP contribution in [0.4, 0.5) is 4.39 Å². The molecule has 4 rings (SSSR count). The first-order valence-corrected chi connectivity index (χ1v) is 11.8. The van der Waals surface area contributed by atoms with Gasteiger partial charge in [-0.25, -0.2) is 9.18 Å². The third-order valence-electron chi connectivity index (χ3n) is 6.37. The van der Waals surface area contributed by atoms with Crippen LogP contribution in [0.15, 0.2) is 36.4 Å². The maximum Gasteiger partial charge on any atom is 0.326 e. The first-order chi connectivity index (χ1) is 15.8. The molecule has 33 heavy (non-hydrogen) atoms. The van der Waals surface area contributed by atoms with E-state index in [1.165, 1.54) is 12.1 Å². The van der Waals surface area contributed by atoms with Gasteiger partial charge in [-0.3, -0.25) is 4.79 Å². The van der Waals surface area contributed by atoms with Crippen LogP contribution in [0.1, 0.15) is 49.0 Å². The fraction of sp³-hybridized carbons (Fsp3) is 0.360. The Balaban J connectivity index is 1.54. The monoisotopic (exact) mass is 490 g/mol. The Hall–Kier alpha value is -2.57. The number of amides is 1. The Morgan fingerprint density at radius 1 is 1.24 bits per heavy atom. The second kappa shape index (κ2) is 9.74. The van der Waals surface area contributed by atoms with Crippen LogP contribution in [-0.2, 0) is 28.9 Å². The van der Waals surface area contributed by atoms with E-state index in [4.69, 9.17) is 23.2 Å². The lowest BCUT2D eigenvalue weighted by molar-refractivity contribution is -0.141. The molecule has 1 aliphatic rings. The third kappa shape index (κ3) is 4.73. The lowest BCUT2D eigenvalue weighted by atomic mass is 9.91. The minimum absolute atomic E-state index is 0.105. The fourth-order valence-electron chi connectivity index (χ4n) is 4.82. The molecule has 0 saturated carbocycles. The van der Waals surface area contributed by atoms with E-state index in [9.17, 15) is 19.1 Å². The first-order valence-electron chi connectivity index (χ1n) is 11.1. The molecule has 1 heterocycles. The molecule has 2 aromatic carbocycles. The van der Waals surface area contributed by atoms with E-state index in [-0.39, 0.29) is 24.2 Å². The summed E-state index contributed by atoms with van der Waals surface area (Å²) in [6, 6.07) is 8.90. The van der Waals surface area contributed by atoms with Gasteiger partial charge in [0.2, 0.25) is 5.91 Å². The number of carboxylic acids is 1. The number of benzene rings is 2. The molecule has 8 heteroatoms. The Labute approximate surface area is 201 Å². The number of rotatable bonds is 7. The van der Waals surface area contributed by atoms with Gasteiger partial charge in [-0.2, -0.15) is 0 Å². The second-order valence-corrected chi connectivity index (χ2v) is 9.24. The summed E-state index contributed by atoms with van der Waals surface area (Å²) in [6.07, 6.45) is 2.92. The Morgan fingerprint density at radius 3 is 2.64 bits per heavy atom. The number of carbonyl (C=O) groups excluding carboxylic acids is 1. The normalized spacial score (nSPS) is 16.4. The number of hydrogen-bond acceptors (Lipinski definition) is 2. The number of halogens is 3. The van der Waals surface area contributed by atoms with Crippen molar-refractivity contribution in [2.45, 2.75) is 57.5 Å². The molecule has 1 aromatic heterocycles. The van der Waals surface area contributed by atoms with Gasteiger partial charge in [0.25, 0.3) is 0 Å². The van der Waals surface area contributed by atoms with E-state index in [1.54, 1.807) is 24.3 Å². The topological polar surface area (TPSA) is 71.3 Å². The molecule has 0 radical (unpaired) electrons. The molecule has 0 spiro atoms. The van der Waals surface area contributed by atoms with Gasteiger partial charge < -0.3 is 15.0 Å². The van der Waals surface area contributed by atoms with E-state index in [0.717, 1.165) is 22.3 Å². The summed E-state index contributed by atoms with van der Waals surface area (Å²) < 4.78 is 15.9. The number of carbonyl (C=O) groups is 2. The number of carboxylic acid groups (broad SMARTS) is 1. The molecule has 0 saturated heterocycles. The molecule has 0 fully saturated rings. The van der Waals surface area contributed by atoms with E-state index < -0.39 is 12.0 Å². The number of aromatic nitrogens is 1. The number of nitrogens with one attached hydrogen (secondary N) is 1. The Morgan fingerprint density at radius 2 is 1.97 bits per heavy atom. The van der Waals surface area contributed by atoms with E-state index in [0.29, 0.717) is 47.5 Å². The molecule has 1 aliphatic carbocycles. The zero-order valence-corrected chi connectivity index (χ0v) is 19.7. The van der Waals surface area contributed by atoms with Crippen molar-refractivity contribution in [2.24, 2.45) is 0 Å². The molecule has 1 unspecified atom stereocenters. The van der Waals surface area contributed by atoms with Gasteiger partial charge in [-0.1, -0.05) is 36.2 Å². The largest absolute Gasteiger partial charge is 0.480 e. The van der Waals surface area contributed by atoms with E-state index >= 15 is 0 Å². The lowest BCUT2D eigenvalue weighted by Crippen LogP contribution is -2.39. The maximum atomic E-state index is 14.1. The molecule has 174 valence electrons. The van der Waals surface area contributed by atoms with Gasteiger partial charge in [0.1, 0.15) is 11.9 Å². The highest BCUT2D eigenvalue weighted by Gasteiger charge is 2.31. The van der Waals surface area contributed by atoms with Crippen molar-refractivity contribution in [3.05, 3.63) is 69.1 Å². The molecule has 3 aromatic rings. The minimum atomic E-state index is -0.907. The van der Waals surface area contributed by atoms with Gasteiger partial charge in [0.15, 0.2) is 0 Å². The van der Waals surface area contributed by atoms with Crippen molar-refractivity contribution in [3.8, 4) is 0 Å². The summed E-state index contributed by atoms with van der Waals surface area (Å²) in [5, 5.41) is 14.6. The average molecular weight is 491 g/mol. The summed E-state index contributed by atoms with van der Waals surface area (Å²) in [4.78, 5) is 24.5. The van der Waals surface area contributed by atoms with Gasteiger partial charge in [-0.05, 0) is 73.6 Å². The predicted octanol–water partition coefficient (Wildman–Crippen LogP) is 5.73. The Kier molecular flexibility index (Phi) is 6.96. The highest BCUT2D eigenvalue weighted by Crippen LogP contribution is 2.36. The molecular formula is C25H25Cl2FN2O3. The molecule has 0 aliphatic heterocycles. The molecule has 1 amide bonds. The SMILES string of the molecule is CCC(C(=O)O)n1c2c(c3cc(F)ccc31)C[C@@H](NC(=O)CCc1c(Cl)cccc1Cl)CC2. The van der Waals surface area contributed by atoms with Crippen molar-refractivity contribution in [1.29, 1.82) is 0 Å². The lowest BCUT2D eigenvalue weighted by Gasteiger charge is -2.26. The second-order valence-electron chi connectivity index (χ2n) is 8.43. The van der Waals surface area contributed by atoms with Crippen LogP contribution >= 0.6 is 23.2 Å². The molecular weight excluding hydrogens is 466 g/mol. The van der Waals surface area contributed by atoms with Crippen molar-refractivity contribution in [1.82, 2.24) is 9.88 Å². The average Bonchev–Trinajstić information content (AvgIpc) is 3.07. The van der Waals surface area contributed by atoms with Crippen LogP contribution in [0.2, 0.25) is 10.0 Å². The summed E-state index contributed by atoms with van der Waals surface area (Å²) in [5.41, 5.74) is 3.30. The quantitative estimate of drug-likeness (QED) is 0.444. The zero-order chi connectivity index (χ0) is 23.7. The summed E-state index contributed by atoms with van der Waals surface area (Å²) >= 11 is 12.4. The van der Waals surface area contributed by atoms with Crippen molar-refractivity contribution in [3.63, 3.8) is 0 Å². The summed E-state index contributed by atoms with van der Waals surface area (Å²) in [5.74, 6) is -1.38. The number of nitrogens with zero attached hydrogens (tertiary/aromatic N) is 1. The third-order valence-corrected chi connectivity index (χ3v) is 7.08. The van der Waals surface area contributed by atoms with E-state index in [1.807, 2.05) is 11.5 Å². The van der Waals surface area contributed by atoms with Crippen molar-refractivity contribution in [2.75, 3.05) is 0 Å². The minimum Gasteiger partial charge on any atom is -0.480 e. The highest BCUT2D eigenvalue weighted by atomic mass is 35.5. The summed E-state index contributed by atoms with van der Waals surface area (Å²) in [6.45, 7) is 1.83. The molecule has 5 nitrogen and oxygen atoms in total. The predicted molar refractivity (Wildman–Crippen MR) is 128 cm³/mol. The Bertz CT molecular complexity index is 1200. The van der Waals surface area contributed by atoms with Gasteiger partial charge >= 0.3 is 5.97 Å². The number of aliphatic carboxylic acids is 1. The smallest absolute Gasteiger partial charge is 0.326 e. The maximum absolute atomic E-state index is 14.1. The van der Waals surface area contributed by atoms with Crippen LogP contribution in [0.25, 0.3) is 10.9 Å². The van der Waals surface area contributed by atoms with Crippen LogP contribution in [0, 0.1) is 5.82 Å². The van der Waals surface area contributed by atoms with Gasteiger partial charge in [0, 0.05) is 39.1 Å². The van der Waals surface area contributed by atoms with Crippen LogP contribution in [-0.4, -0.2) is 27.6 Å². The van der Waals surface area contributed by atoms with Crippen molar-refractivity contribution < 1.29 is 19.1 Å². The van der Waals surface area contributed by atoms with Crippen LogP contribution < -0.4 is 5.32 Å². The van der Waals surface area contributed by atoms with Crippen LogP contribution in [0.5, 0.6) is 0 Å². The summed E-state index contributed by atoms with van der Waals surface area (Å²) in [7, 11) is 0. The molecule has 0 bridgehead atoms. The first kappa shape index (κ1) is 23.6. The van der Waals surface area contributed by atoms with Gasteiger partial charge in [0.05, 0.1) is 0 Å². The highest BCUT2D eigenvalue weighted by molar-refractivity contribution is 6.36. The number of hydrogen-bond donors (Lipinski definition) is 2.